The second-order valence-electron chi connectivity index (χ2n) is 4.18. The second-order valence-corrected chi connectivity index (χ2v) is 4.18. The molecule has 0 unspecified atom stereocenters. The second kappa shape index (κ2) is 5.58. The number of oxime groups is 1. The number of rotatable bonds is 3. The summed E-state index contributed by atoms with van der Waals surface area (Å²) in [7, 11) is 0. The van der Waals surface area contributed by atoms with Gasteiger partial charge in [-0.25, -0.2) is 8.78 Å². The van der Waals surface area contributed by atoms with E-state index >= 15 is 0 Å². The van der Waals surface area contributed by atoms with Crippen molar-refractivity contribution in [3.8, 4) is 0 Å². The number of halogens is 2. The third-order valence-corrected chi connectivity index (χ3v) is 2.88. The Morgan fingerprint density at radius 2 is 1.67 bits per heavy atom. The zero-order valence-corrected chi connectivity index (χ0v) is 9.74. The van der Waals surface area contributed by atoms with E-state index in [2.05, 4.69) is 5.16 Å². The third-order valence-electron chi connectivity index (χ3n) is 2.88. The summed E-state index contributed by atoms with van der Waals surface area (Å²) in [6.45, 7) is 0. The maximum Gasteiger partial charge on any atom is 0.126 e. The van der Waals surface area contributed by atoms with Gasteiger partial charge in [0.25, 0.3) is 0 Å². The minimum atomic E-state index is -0.591. The van der Waals surface area contributed by atoms with Gasteiger partial charge in [-0.3, -0.25) is 0 Å². The fourth-order valence-electron chi connectivity index (χ4n) is 2.07. The van der Waals surface area contributed by atoms with Gasteiger partial charge in [-0.1, -0.05) is 17.3 Å². The highest BCUT2D eigenvalue weighted by molar-refractivity contribution is 5.81. The molecule has 0 saturated carbocycles. The van der Waals surface area contributed by atoms with Gasteiger partial charge in [0.1, 0.15) is 11.6 Å². The molecule has 0 aliphatic heterocycles. The molecule has 2 rings (SSSR count). The SMILES string of the molecule is ON=CC1=C(C=Cc2cc(F)cc(F)c2)CCC1. The fraction of sp³-hybridized carbons (Fsp3) is 0.214. The normalized spacial score (nSPS) is 16.3. The van der Waals surface area contributed by atoms with Crippen LogP contribution in [0.1, 0.15) is 24.8 Å². The molecular formula is C14H13F2NO. The minimum Gasteiger partial charge on any atom is -0.411 e. The van der Waals surface area contributed by atoms with Gasteiger partial charge in [0, 0.05) is 6.07 Å². The average Bonchev–Trinajstić information content (AvgIpc) is 2.73. The van der Waals surface area contributed by atoms with E-state index in [1.807, 2.05) is 6.08 Å². The lowest BCUT2D eigenvalue weighted by atomic mass is 10.1. The number of nitrogens with zero attached hydrogens (tertiary/aromatic N) is 1. The number of hydrogen-bond acceptors (Lipinski definition) is 2. The molecule has 18 heavy (non-hydrogen) atoms. The van der Waals surface area contributed by atoms with E-state index in [1.165, 1.54) is 18.3 Å². The molecule has 0 atom stereocenters. The molecule has 0 amide bonds. The van der Waals surface area contributed by atoms with E-state index in [4.69, 9.17) is 5.21 Å². The van der Waals surface area contributed by atoms with Crippen molar-refractivity contribution in [3.05, 3.63) is 52.6 Å². The molecular weight excluding hydrogens is 236 g/mol. The summed E-state index contributed by atoms with van der Waals surface area (Å²) in [5, 5.41) is 11.5. The Hall–Kier alpha value is -1.97. The maximum absolute atomic E-state index is 13.0. The van der Waals surface area contributed by atoms with E-state index in [-0.39, 0.29) is 0 Å². The number of benzene rings is 1. The van der Waals surface area contributed by atoms with Crippen LogP contribution in [0, 0.1) is 11.6 Å². The Kier molecular flexibility index (Phi) is 3.87. The summed E-state index contributed by atoms with van der Waals surface area (Å²) in [5.41, 5.74) is 2.48. The van der Waals surface area contributed by atoms with Gasteiger partial charge >= 0.3 is 0 Å². The van der Waals surface area contributed by atoms with Gasteiger partial charge in [0.05, 0.1) is 6.21 Å². The van der Waals surface area contributed by atoms with Crippen LogP contribution in [0.4, 0.5) is 8.78 Å². The molecule has 0 spiro atoms. The molecule has 0 radical (unpaired) electrons. The average molecular weight is 249 g/mol. The predicted molar refractivity (Wildman–Crippen MR) is 66.5 cm³/mol. The van der Waals surface area contributed by atoms with Gasteiger partial charge in [0.15, 0.2) is 0 Å². The Balaban J connectivity index is 2.22. The van der Waals surface area contributed by atoms with Crippen molar-refractivity contribution >= 4 is 12.3 Å². The quantitative estimate of drug-likeness (QED) is 0.491. The van der Waals surface area contributed by atoms with Crippen LogP contribution in [0.15, 0.2) is 40.6 Å². The van der Waals surface area contributed by atoms with Gasteiger partial charge in [-0.2, -0.15) is 0 Å². The fourth-order valence-corrected chi connectivity index (χ4v) is 2.07. The highest BCUT2D eigenvalue weighted by atomic mass is 19.1. The lowest BCUT2D eigenvalue weighted by Crippen LogP contribution is -1.84. The number of allylic oxidation sites excluding steroid dienone is 3. The van der Waals surface area contributed by atoms with Gasteiger partial charge in [-0.15, -0.1) is 0 Å². The first-order valence-electron chi connectivity index (χ1n) is 5.72. The summed E-state index contributed by atoms with van der Waals surface area (Å²) >= 11 is 0. The monoisotopic (exact) mass is 249 g/mol. The van der Waals surface area contributed by atoms with Crippen LogP contribution >= 0.6 is 0 Å². The van der Waals surface area contributed by atoms with Crippen molar-refractivity contribution in [1.82, 2.24) is 0 Å². The molecule has 1 aromatic rings. The molecule has 1 aliphatic rings. The highest BCUT2D eigenvalue weighted by Gasteiger charge is 2.10. The summed E-state index contributed by atoms with van der Waals surface area (Å²) in [6.07, 6.45) is 7.64. The zero-order valence-electron chi connectivity index (χ0n) is 9.74. The molecule has 2 nitrogen and oxygen atoms in total. The van der Waals surface area contributed by atoms with Crippen molar-refractivity contribution in [2.45, 2.75) is 19.3 Å². The van der Waals surface area contributed by atoms with Gasteiger partial charge < -0.3 is 5.21 Å². The summed E-state index contributed by atoms with van der Waals surface area (Å²) in [6, 6.07) is 3.39. The van der Waals surface area contributed by atoms with Crippen molar-refractivity contribution in [2.24, 2.45) is 5.16 Å². The minimum absolute atomic E-state index is 0.479. The molecule has 0 saturated heterocycles. The molecule has 1 aliphatic carbocycles. The van der Waals surface area contributed by atoms with E-state index in [0.29, 0.717) is 5.56 Å². The highest BCUT2D eigenvalue weighted by Crippen LogP contribution is 2.26. The first-order chi connectivity index (χ1) is 8.69. The Bertz CT molecular complexity index is 512. The summed E-state index contributed by atoms with van der Waals surface area (Å²) < 4.78 is 26.0. The summed E-state index contributed by atoms with van der Waals surface area (Å²) in [5.74, 6) is -1.18. The zero-order chi connectivity index (χ0) is 13.0. The first-order valence-corrected chi connectivity index (χ1v) is 5.72. The van der Waals surface area contributed by atoms with Crippen molar-refractivity contribution in [2.75, 3.05) is 0 Å². The lowest BCUT2D eigenvalue weighted by Gasteiger charge is -1.98. The Morgan fingerprint density at radius 3 is 2.33 bits per heavy atom. The summed E-state index contributed by atoms with van der Waals surface area (Å²) in [4.78, 5) is 0. The third kappa shape index (κ3) is 3.03. The van der Waals surface area contributed by atoms with E-state index < -0.39 is 11.6 Å². The maximum atomic E-state index is 13.0. The van der Waals surface area contributed by atoms with Crippen LogP contribution in [0.3, 0.4) is 0 Å². The Labute approximate surface area is 104 Å². The largest absolute Gasteiger partial charge is 0.411 e. The van der Waals surface area contributed by atoms with Crippen LogP contribution < -0.4 is 0 Å². The van der Waals surface area contributed by atoms with Crippen LogP contribution in [0.5, 0.6) is 0 Å². The molecule has 1 aromatic carbocycles. The van der Waals surface area contributed by atoms with E-state index in [1.54, 1.807) is 6.08 Å². The topological polar surface area (TPSA) is 32.6 Å². The molecule has 4 heteroatoms. The van der Waals surface area contributed by atoms with Crippen molar-refractivity contribution in [3.63, 3.8) is 0 Å². The molecule has 0 heterocycles. The molecule has 0 aromatic heterocycles. The predicted octanol–water partition coefficient (Wildman–Crippen LogP) is 3.92. The van der Waals surface area contributed by atoms with Crippen LogP contribution in [0.25, 0.3) is 6.08 Å². The molecule has 0 bridgehead atoms. The van der Waals surface area contributed by atoms with E-state index in [9.17, 15) is 8.78 Å². The Morgan fingerprint density at radius 1 is 1.00 bits per heavy atom. The smallest absolute Gasteiger partial charge is 0.126 e. The molecule has 94 valence electrons. The first kappa shape index (κ1) is 12.5. The van der Waals surface area contributed by atoms with Crippen LogP contribution in [-0.4, -0.2) is 11.4 Å². The lowest BCUT2D eigenvalue weighted by molar-refractivity contribution is 0.321. The van der Waals surface area contributed by atoms with Gasteiger partial charge in [0.2, 0.25) is 0 Å². The van der Waals surface area contributed by atoms with Crippen molar-refractivity contribution < 1.29 is 14.0 Å². The van der Waals surface area contributed by atoms with Crippen LogP contribution in [0.2, 0.25) is 0 Å². The van der Waals surface area contributed by atoms with Crippen LogP contribution in [-0.2, 0) is 0 Å². The molecule has 1 N–H and O–H groups in total. The number of hydrogen-bond donors (Lipinski definition) is 1. The standard InChI is InChI=1S/C14H13F2NO/c15-13-6-10(7-14(16)8-13)4-5-11-2-1-3-12(11)9-17-18/h4-9,18H,1-3H2. The van der Waals surface area contributed by atoms with Crippen molar-refractivity contribution in [1.29, 1.82) is 0 Å². The van der Waals surface area contributed by atoms with E-state index in [0.717, 1.165) is 36.5 Å². The molecule has 0 fully saturated rings. The van der Waals surface area contributed by atoms with Gasteiger partial charge in [-0.05, 0) is 48.1 Å².